The van der Waals surface area contributed by atoms with Crippen LogP contribution in [0.3, 0.4) is 0 Å². The molecule has 0 bridgehead atoms. The van der Waals surface area contributed by atoms with Gasteiger partial charge in [-0.1, -0.05) is 60.7 Å². The molecule has 3 aromatic rings. The molecule has 0 radical (unpaired) electrons. The van der Waals surface area contributed by atoms with Gasteiger partial charge in [-0.15, -0.1) is 0 Å². The number of thiocarbonyl (C=S) groups is 1. The standard InChI is InChI=1S/C21H14N2O2S/c24-19-18(13-15-9-6-8-14-7-4-5-12-17(14)15)20(25)23(21(26)22-19)16-10-2-1-3-11-16/h1-13H,(H,22,24,26)/b18-13-. The first-order chi connectivity index (χ1) is 12.6. The third-order valence-corrected chi connectivity index (χ3v) is 4.52. The molecule has 2 amide bonds. The van der Waals surface area contributed by atoms with Gasteiger partial charge >= 0.3 is 0 Å². The van der Waals surface area contributed by atoms with Crippen LogP contribution < -0.4 is 10.2 Å². The lowest BCUT2D eigenvalue weighted by Gasteiger charge is -2.28. The molecule has 0 saturated carbocycles. The summed E-state index contributed by atoms with van der Waals surface area (Å²) in [5, 5.41) is 4.71. The van der Waals surface area contributed by atoms with Gasteiger partial charge in [-0.2, -0.15) is 0 Å². The molecule has 126 valence electrons. The molecule has 1 aliphatic heterocycles. The molecular weight excluding hydrogens is 344 g/mol. The summed E-state index contributed by atoms with van der Waals surface area (Å²) in [4.78, 5) is 26.8. The third-order valence-electron chi connectivity index (χ3n) is 4.24. The first-order valence-electron chi connectivity index (χ1n) is 8.09. The van der Waals surface area contributed by atoms with Crippen molar-refractivity contribution in [3.63, 3.8) is 0 Å². The zero-order valence-electron chi connectivity index (χ0n) is 13.7. The normalized spacial score (nSPS) is 16.2. The van der Waals surface area contributed by atoms with E-state index in [4.69, 9.17) is 12.2 Å². The number of hydrogen-bond donors (Lipinski definition) is 1. The number of para-hydroxylation sites is 1. The van der Waals surface area contributed by atoms with Gasteiger partial charge in [-0.3, -0.25) is 19.8 Å². The minimum Gasteiger partial charge on any atom is -0.298 e. The van der Waals surface area contributed by atoms with Crippen LogP contribution >= 0.6 is 12.2 Å². The number of nitrogens with one attached hydrogen (secondary N) is 1. The predicted molar refractivity (Wildman–Crippen MR) is 107 cm³/mol. The van der Waals surface area contributed by atoms with Gasteiger partial charge in [0.1, 0.15) is 5.57 Å². The summed E-state index contributed by atoms with van der Waals surface area (Å²) >= 11 is 5.20. The monoisotopic (exact) mass is 358 g/mol. The van der Waals surface area contributed by atoms with E-state index in [1.165, 1.54) is 4.90 Å². The number of carbonyl (C=O) groups excluding carboxylic acids is 2. The summed E-state index contributed by atoms with van der Waals surface area (Å²) in [6.45, 7) is 0. The van der Waals surface area contributed by atoms with Crippen LogP contribution in [0.4, 0.5) is 5.69 Å². The van der Waals surface area contributed by atoms with Crippen molar-refractivity contribution in [2.75, 3.05) is 4.90 Å². The molecule has 3 aromatic carbocycles. The van der Waals surface area contributed by atoms with Crippen LogP contribution in [0.15, 0.2) is 78.4 Å². The van der Waals surface area contributed by atoms with E-state index in [-0.39, 0.29) is 10.7 Å². The highest BCUT2D eigenvalue weighted by molar-refractivity contribution is 7.80. The van der Waals surface area contributed by atoms with Gasteiger partial charge in [0.15, 0.2) is 5.11 Å². The number of amides is 2. The Morgan fingerprint density at radius 3 is 2.35 bits per heavy atom. The van der Waals surface area contributed by atoms with Crippen LogP contribution in [-0.2, 0) is 9.59 Å². The molecule has 26 heavy (non-hydrogen) atoms. The van der Waals surface area contributed by atoms with Gasteiger partial charge in [0.2, 0.25) is 0 Å². The number of nitrogens with zero attached hydrogens (tertiary/aromatic N) is 1. The molecule has 1 fully saturated rings. The number of hydrogen-bond acceptors (Lipinski definition) is 3. The van der Waals surface area contributed by atoms with Crippen LogP contribution in [-0.4, -0.2) is 16.9 Å². The molecule has 1 N–H and O–H groups in total. The van der Waals surface area contributed by atoms with E-state index in [0.717, 1.165) is 16.3 Å². The van der Waals surface area contributed by atoms with E-state index < -0.39 is 11.8 Å². The second kappa shape index (κ2) is 6.54. The van der Waals surface area contributed by atoms with E-state index >= 15 is 0 Å². The zero-order valence-corrected chi connectivity index (χ0v) is 14.5. The fraction of sp³-hybridized carbons (Fsp3) is 0. The van der Waals surface area contributed by atoms with Gasteiger partial charge in [0, 0.05) is 0 Å². The Kier molecular flexibility index (Phi) is 4.07. The van der Waals surface area contributed by atoms with Gasteiger partial charge in [-0.05, 0) is 46.8 Å². The van der Waals surface area contributed by atoms with Gasteiger partial charge in [0.25, 0.3) is 11.8 Å². The van der Waals surface area contributed by atoms with Gasteiger partial charge in [-0.25, -0.2) is 0 Å². The highest BCUT2D eigenvalue weighted by Gasteiger charge is 2.34. The van der Waals surface area contributed by atoms with Crippen molar-refractivity contribution >= 4 is 51.7 Å². The Hall–Kier alpha value is -3.31. The molecule has 0 aliphatic carbocycles. The fourth-order valence-electron chi connectivity index (χ4n) is 3.00. The number of anilines is 1. The average Bonchev–Trinajstić information content (AvgIpc) is 2.66. The lowest BCUT2D eigenvalue weighted by molar-refractivity contribution is -0.122. The van der Waals surface area contributed by atoms with Crippen LogP contribution in [0.5, 0.6) is 0 Å². The van der Waals surface area contributed by atoms with E-state index in [9.17, 15) is 9.59 Å². The lowest BCUT2D eigenvalue weighted by atomic mass is 10.0. The molecule has 0 spiro atoms. The second-order valence-electron chi connectivity index (χ2n) is 5.86. The van der Waals surface area contributed by atoms with Crippen LogP contribution in [0.1, 0.15) is 5.56 Å². The highest BCUT2D eigenvalue weighted by Crippen LogP contribution is 2.25. The van der Waals surface area contributed by atoms with Crippen molar-refractivity contribution < 1.29 is 9.59 Å². The second-order valence-corrected chi connectivity index (χ2v) is 6.25. The summed E-state index contributed by atoms with van der Waals surface area (Å²) in [5.41, 5.74) is 1.48. The molecule has 0 atom stereocenters. The number of rotatable bonds is 2. The molecule has 0 aromatic heterocycles. The molecule has 1 saturated heterocycles. The first-order valence-corrected chi connectivity index (χ1v) is 8.50. The largest absolute Gasteiger partial charge is 0.298 e. The number of carbonyl (C=O) groups is 2. The fourth-order valence-corrected chi connectivity index (χ4v) is 3.28. The predicted octanol–water partition coefficient (Wildman–Crippen LogP) is 3.67. The molecule has 0 unspecified atom stereocenters. The third kappa shape index (κ3) is 2.78. The maximum Gasteiger partial charge on any atom is 0.270 e. The minimum absolute atomic E-state index is 0.0545. The van der Waals surface area contributed by atoms with E-state index in [1.807, 2.05) is 60.7 Å². The Bertz CT molecular complexity index is 1070. The Morgan fingerprint density at radius 1 is 0.846 bits per heavy atom. The van der Waals surface area contributed by atoms with Crippen molar-refractivity contribution in [2.24, 2.45) is 0 Å². The Balaban J connectivity index is 1.82. The Morgan fingerprint density at radius 2 is 1.54 bits per heavy atom. The molecule has 4 nitrogen and oxygen atoms in total. The van der Waals surface area contributed by atoms with Crippen LogP contribution in [0.2, 0.25) is 0 Å². The van der Waals surface area contributed by atoms with Crippen LogP contribution in [0.25, 0.3) is 16.8 Å². The SMILES string of the molecule is O=C1NC(=S)N(c2ccccc2)C(=O)/C1=C\c1cccc2ccccc12. The van der Waals surface area contributed by atoms with Crippen molar-refractivity contribution in [3.05, 3.63) is 83.9 Å². The topological polar surface area (TPSA) is 49.4 Å². The quantitative estimate of drug-likeness (QED) is 0.432. The molecular formula is C21H14N2O2S. The van der Waals surface area contributed by atoms with E-state index in [1.54, 1.807) is 18.2 Å². The van der Waals surface area contributed by atoms with Crippen molar-refractivity contribution in [1.82, 2.24) is 5.32 Å². The van der Waals surface area contributed by atoms with E-state index in [2.05, 4.69) is 5.32 Å². The van der Waals surface area contributed by atoms with Crippen LogP contribution in [0, 0.1) is 0 Å². The smallest absolute Gasteiger partial charge is 0.270 e. The number of fused-ring (bicyclic) bond motifs is 1. The Labute approximate surface area is 155 Å². The lowest BCUT2D eigenvalue weighted by Crippen LogP contribution is -2.54. The minimum atomic E-state index is -0.486. The van der Waals surface area contributed by atoms with Gasteiger partial charge < -0.3 is 0 Å². The van der Waals surface area contributed by atoms with E-state index in [0.29, 0.717) is 5.69 Å². The molecule has 1 aliphatic rings. The maximum absolute atomic E-state index is 13.0. The number of benzene rings is 3. The highest BCUT2D eigenvalue weighted by atomic mass is 32.1. The van der Waals surface area contributed by atoms with Crippen molar-refractivity contribution in [3.8, 4) is 0 Å². The molecule has 4 rings (SSSR count). The summed E-state index contributed by atoms with van der Waals surface area (Å²) in [6, 6.07) is 22.6. The summed E-state index contributed by atoms with van der Waals surface area (Å²) in [6.07, 6.45) is 1.62. The van der Waals surface area contributed by atoms with Gasteiger partial charge in [0.05, 0.1) is 5.69 Å². The molecule has 5 heteroatoms. The summed E-state index contributed by atoms with van der Waals surface area (Å²) < 4.78 is 0. The zero-order chi connectivity index (χ0) is 18.1. The summed E-state index contributed by atoms with van der Waals surface area (Å²) in [7, 11) is 0. The first kappa shape index (κ1) is 16.2. The van der Waals surface area contributed by atoms with Crippen molar-refractivity contribution in [1.29, 1.82) is 0 Å². The maximum atomic E-state index is 13.0. The average molecular weight is 358 g/mol. The molecule has 1 heterocycles. The summed E-state index contributed by atoms with van der Waals surface area (Å²) in [5.74, 6) is -0.919. The van der Waals surface area contributed by atoms with Crippen molar-refractivity contribution in [2.45, 2.75) is 0 Å².